The van der Waals surface area contributed by atoms with Gasteiger partial charge in [-0.05, 0) is 12.8 Å². The number of carbonyl (C=O) groups excluding carboxylic acids is 1. The van der Waals surface area contributed by atoms with Crippen molar-refractivity contribution in [3.63, 3.8) is 0 Å². The minimum absolute atomic E-state index is 0.0434. The smallest absolute Gasteiger partial charge is 0.306 e. The van der Waals surface area contributed by atoms with Crippen molar-refractivity contribution in [1.29, 1.82) is 0 Å². The van der Waals surface area contributed by atoms with Crippen molar-refractivity contribution in [3.05, 3.63) is 0 Å². The number of ether oxygens (including phenoxy) is 1. The van der Waals surface area contributed by atoms with Gasteiger partial charge in [0.05, 0.1) is 34.2 Å². The summed E-state index contributed by atoms with van der Waals surface area (Å²) in [6, 6.07) is 0. The SMILES string of the molecule is COC(=O)CC1(C[NH+](C)C)CCCCC1. The maximum atomic E-state index is 11.4. The largest absolute Gasteiger partial charge is 0.469 e. The van der Waals surface area contributed by atoms with Crippen LogP contribution in [0.1, 0.15) is 38.5 Å². The Bertz CT molecular complexity index is 208. The van der Waals surface area contributed by atoms with E-state index in [9.17, 15) is 4.79 Å². The third-order valence-electron chi connectivity index (χ3n) is 3.39. The first-order chi connectivity index (χ1) is 7.08. The molecule has 1 N–H and O–H groups in total. The number of hydrogen-bond acceptors (Lipinski definition) is 2. The number of esters is 1. The van der Waals surface area contributed by atoms with Gasteiger partial charge in [0.1, 0.15) is 0 Å². The molecule has 1 saturated carbocycles. The van der Waals surface area contributed by atoms with Crippen LogP contribution in [-0.2, 0) is 9.53 Å². The highest BCUT2D eigenvalue weighted by Crippen LogP contribution is 2.38. The van der Waals surface area contributed by atoms with Crippen molar-refractivity contribution >= 4 is 5.97 Å². The summed E-state index contributed by atoms with van der Waals surface area (Å²) in [4.78, 5) is 12.9. The van der Waals surface area contributed by atoms with E-state index in [0.29, 0.717) is 6.42 Å². The quantitative estimate of drug-likeness (QED) is 0.696. The Morgan fingerprint density at radius 3 is 2.33 bits per heavy atom. The van der Waals surface area contributed by atoms with Gasteiger partial charge in [0, 0.05) is 5.41 Å². The summed E-state index contributed by atoms with van der Waals surface area (Å²) in [5, 5.41) is 0. The Balaban J connectivity index is 2.61. The maximum absolute atomic E-state index is 11.4. The molecule has 0 aromatic heterocycles. The van der Waals surface area contributed by atoms with E-state index in [4.69, 9.17) is 4.74 Å². The fraction of sp³-hybridized carbons (Fsp3) is 0.917. The molecule has 0 unspecified atom stereocenters. The second kappa shape index (κ2) is 5.50. The van der Waals surface area contributed by atoms with Crippen molar-refractivity contribution in [3.8, 4) is 0 Å². The van der Waals surface area contributed by atoms with Gasteiger partial charge in [0.25, 0.3) is 0 Å². The Morgan fingerprint density at radius 1 is 1.27 bits per heavy atom. The Morgan fingerprint density at radius 2 is 1.87 bits per heavy atom. The van der Waals surface area contributed by atoms with Gasteiger partial charge in [-0.15, -0.1) is 0 Å². The lowest BCUT2D eigenvalue weighted by molar-refractivity contribution is -0.866. The second-order valence-electron chi connectivity index (χ2n) is 5.20. The van der Waals surface area contributed by atoms with Gasteiger partial charge >= 0.3 is 5.97 Å². The molecular formula is C12H24NO2+. The predicted octanol–water partition coefficient (Wildman–Crippen LogP) is 0.644. The van der Waals surface area contributed by atoms with Gasteiger partial charge in [0.2, 0.25) is 0 Å². The minimum Gasteiger partial charge on any atom is -0.469 e. The Kier molecular flexibility index (Phi) is 4.58. The van der Waals surface area contributed by atoms with E-state index < -0.39 is 0 Å². The van der Waals surface area contributed by atoms with Crippen LogP contribution >= 0.6 is 0 Å². The zero-order valence-electron chi connectivity index (χ0n) is 10.3. The highest BCUT2D eigenvalue weighted by molar-refractivity contribution is 5.70. The minimum atomic E-state index is -0.0434. The fourth-order valence-electron chi connectivity index (χ4n) is 2.85. The zero-order valence-corrected chi connectivity index (χ0v) is 10.3. The molecule has 1 fully saturated rings. The van der Waals surface area contributed by atoms with Crippen molar-refractivity contribution in [2.45, 2.75) is 38.5 Å². The molecule has 3 heteroatoms. The monoisotopic (exact) mass is 214 g/mol. The lowest BCUT2D eigenvalue weighted by Gasteiger charge is -2.36. The molecular weight excluding hydrogens is 190 g/mol. The number of quaternary nitrogens is 1. The van der Waals surface area contributed by atoms with Gasteiger partial charge in [-0.25, -0.2) is 0 Å². The fourth-order valence-corrected chi connectivity index (χ4v) is 2.85. The lowest BCUT2D eigenvalue weighted by Crippen LogP contribution is -3.07. The van der Waals surface area contributed by atoms with Crippen molar-refractivity contribution in [1.82, 2.24) is 0 Å². The molecule has 0 amide bonds. The number of carbonyl (C=O) groups is 1. The van der Waals surface area contributed by atoms with Crippen LogP contribution in [0.3, 0.4) is 0 Å². The molecule has 15 heavy (non-hydrogen) atoms. The van der Waals surface area contributed by atoms with Gasteiger partial charge in [0.15, 0.2) is 0 Å². The molecule has 1 aliphatic carbocycles. The van der Waals surface area contributed by atoms with Gasteiger partial charge in [-0.2, -0.15) is 0 Å². The average Bonchev–Trinajstić information content (AvgIpc) is 2.17. The number of hydrogen-bond donors (Lipinski definition) is 1. The van der Waals surface area contributed by atoms with Crippen molar-refractivity contribution in [2.24, 2.45) is 5.41 Å². The lowest BCUT2D eigenvalue weighted by atomic mass is 9.71. The van der Waals surface area contributed by atoms with Crippen LogP contribution in [0.4, 0.5) is 0 Å². The average molecular weight is 214 g/mol. The highest BCUT2D eigenvalue weighted by atomic mass is 16.5. The van der Waals surface area contributed by atoms with Crippen LogP contribution < -0.4 is 4.90 Å². The Labute approximate surface area is 92.8 Å². The van der Waals surface area contributed by atoms with Crippen molar-refractivity contribution < 1.29 is 14.4 Å². The third-order valence-corrected chi connectivity index (χ3v) is 3.39. The van der Waals surface area contributed by atoms with Crippen LogP contribution in [0.2, 0.25) is 0 Å². The first kappa shape index (κ1) is 12.5. The number of methoxy groups -OCH3 is 1. The molecule has 0 spiro atoms. The normalized spacial score (nSPS) is 20.3. The van der Waals surface area contributed by atoms with E-state index >= 15 is 0 Å². The molecule has 0 aromatic carbocycles. The third kappa shape index (κ3) is 3.82. The van der Waals surface area contributed by atoms with Crippen LogP contribution in [0.5, 0.6) is 0 Å². The van der Waals surface area contributed by atoms with Gasteiger partial charge in [-0.3, -0.25) is 4.79 Å². The zero-order chi connectivity index (χ0) is 11.3. The molecule has 0 bridgehead atoms. The summed E-state index contributed by atoms with van der Waals surface area (Å²) in [5.74, 6) is -0.0434. The summed E-state index contributed by atoms with van der Waals surface area (Å²) in [6.45, 7) is 1.09. The van der Waals surface area contributed by atoms with E-state index in [1.807, 2.05) is 0 Å². The molecule has 0 aromatic rings. The topological polar surface area (TPSA) is 30.7 Å². The molecule has 0 heterocycles. The van der Waals surface area contributed by atoms with Gasteiger partial charge < -0.3 is 9.64 Å². The summed E-state index contributed by atoms with van der Waals surface area (Å²) in [7, 11) is 5.81. The first-order valence-corrected chi connectivity index (χ1v) is 5.94. The molecule has 88 valence electrons. The molecule has 0 aliphatic heterocycles. The molecule has 0 saturated heterocycles. The molecule has 0 atom stereocenters. The molecule has 0 radical (unpaired) electrons. The van der Waals surface area contributed by atoms with Crippen LogP contribution in [0.25, 0.3) is 0 Å². The second-order valence-corrected chi connectivity index (χ2v) is 5.20. The van der Waals surface area contributed by atoms with E-state index in [0.717, 1.165) is 6.54 Å². The van der Waals surface area contributed by atoms with Crippen molar-refractivity contribution in [2.75, 3.05) is 27.7 Å². The maximum Gasteiger partial charge on any atom is 0.306 e. The standard InChI is InChI=1S/C12H23NO2/c1-13(2)10-12(9-11(14)15-3)7-5-4-6-8-12/h4-10H2,1-3H3/p+1. The number of rotatable bonds is 4. The van der Waals surface area contributed by atoms with E-state index in [1.54, 1.807) is 0 Å². The van der Waals surface area contributed by atoms with Gasteiger partial charge in [-0.1, -0.05) is 19.3 Å². The summed E-state index contributed by atoms with van der Waals surface area (Å²) >= 11 is 0. The summed E-state index contributed by atoms with van der Waals surface area (Å²) in [6.07, 6.45) is 6.84. The Hall–Kier alpha value is -0.570. The molecule has 1 aliphatic rings. The molecule has 3 nitrogen and oxygen atoms in total. The molecule has 1 rings (SSSR count). The van der Waals surface area contributed by atoms with E-state index in [2.05, 4.69) is 14.1 Å². The summed E-state index contributed by atoms with van der Waals surface area (Å²) < 4.78 is 4.81. The highest BCUT2D eigenvalue weighted by Gasteiger charge is 2.37. The van der Waals surface area contributed by atoms with E-state index in [1.165, 1.54) is 44.1 Å². The number of nitrogens with one attached hydrogen (secondary N) is 1. The van der Waals surface area contributed by atoms with Crippen LogP contribution in [0, 0.1) is 5.41 Å². The van der Waals surface area contributed by atoms with E-state index in [-0.39, 0.29) is 11.4 Å². The summed E-state index contributed by atoms with van der Waals surface area (Å²) in [5.41, 5.74) is 0.212. The van der Waals surface area contributed by atoms with Crippen LogP contribution in [-0.4, -0.2) is 33.7 Å². The van der Waals surface area contributed by atoms with Crippen LogP contribution in [0.15, 0.2) is 0 Å². The first-order valence-electron chi connectivity index (χ1n) is 5.94. The predicted molar refractivity (Wildman–Crippen MR) is 59.8 cm³/mol.